The van der Waals surface area contributed by atoms with E-state index in [4.69, 9.17) is 4.74 Å². The molecular formula is C16H32O2. The number of hydrogen-bond donors (Lipinski definition) is 0. The first kappa shape index (κ1) is 17.5. The Kier molecular flexibility index (Phi) is 6.39. The van der Waals surface area contributed by atoms with Gasteiger partial charge in [-0.05, 0) is 37.0 Å². The molecular weight excluding hydrogens is 224 g/mol. The summed E-state index contributed by atoms with van der Waals surface area (Å²) < 4.78 is 5.51. The summed E-state index contributed by atoms with van der Waals surface area (Å²) in [6.45, 7) is 17.5. The molecule has 0 amide bonds. The van der Waals surface area contributed by atoms with E-state index in [1.165, 1.54) is 0 Å². The number of hydrogen-bond acceptors (Lipinski definition) is 2. The van der Waals surface area contributed by atoms with Crippen molar-refractivity contribution in [3.63, 3.8) is 0 Å². The van der Waals surface area contributed by atoms with Gasteiger partial charge >= 0.3 is 5.97 Å². The summed E-state index contributed by atoms with van der Waals surface area (Å²) in [5.41, 5.74) is -0.513. The van der Waals surface area contributed by atoms with Gasteiger partial charge in [-0.1, -0.05) is 48.5 Å². The molecule has 18 heavy (non-hydrogen) atoms. The van der Waals surface area contributed by atoms with E-state index in [0.29, 0.717) is 12.5 Å². The quantitative estimate of drug-likeness (QED) is 0.510. The van der Waals surface area contributed by atoms with Crippen LogP contribution in [0.3, 0.4) is 0 Å². The summed E-state index contributed by atoms with van der Waals surface area (Å²) in [5.74, 6) is 0.895. The monoisotopic (exact) mass is 256 g/mol. The van der Waals surface area contributed by atoms with Crippen molar-refractivity contribution in [3.8, 4) is 0 Å². The lowest BCUT2D eigenvalue weighted by atomic mass is 9.62. The highest BCUT2D eigenvalue weighted by molar-refractivity contribution is 5.77. The molecule has 0 saturated heterocycles. The second-order valence-corrected chi connectivity index (χ2v) is 7.28. The third-order valence-electron chi connectivity index (χ3n) is 4.30. The third-order valence-corrected chi connectivity index (χ3v) is 4.30. The average molecular weight is 256 g/mol. The zero-order valence-corrected chi connectivity index (χ0v) is 13.6. The Morgan fingerprint density at radius 3 is 1.89 bits per heavy atom. The van der Waals surface area contributed by atoms with E-state index in [1.54, 1.807) is 0 Å². The fourth-order valence-corrected chi connectivity index (χ4v) is 2.21. The van der Waals surface area contributed by atoms with Gasteiger partial charge in [0.25, 0.3) is 0 Å². The maximum atomic E-state index is 12.4. The van der Waals surface area contributed by atoms with Crippen LogP contribution in [-0.2, 0) is 9.53 Å². The lowest BCUT2D eigenvalue weighted by Crippen LogP contribution is -2.45. The van der Waals surface area contributed by atoms with Crippen LogP contribution < -0.4 is 0 Å². The highest BCUT2D eigenvalue weighted by Gasteiger charge is 2.47. The van der Waals surface area contributed by atoms with E-state index >= 15 is 0 Å². The number of carbonyl (C=O) groups is 1. The Morgan fingerprint density at radius 2 is 1.56 bits per heavy atom. The molecule has 0 saturated carbocycles. The van der Waals surface area contributed by atoms with Crippen molar-refractivity contribution in [1.82, 2.24) is 0 Å². The number of esters is 1. The van der Waals surface area contributed by atoms with Crippen LogP contribution in [0.25, 0.3) is 0 Å². The third kappa shape index (κ3) is 4.29. The molecule has 2 nitrogen and oxygen atoms in total. The normalized spacial score (nSPS) is 15.9. The summed E-state index contributed by atoms with van der Waals surface area (Å²) >= 11 is 0. The van der Waals surface area contributed by atoms with Crippen molar-refractivity contribution >= 4 is 5.97 Å². The van der Waals surface area contributed by atoms with Crippen molar-refractivity contribution in [2.75, 3.05) is 6.61 Å². The molecule has 108 valence electrons. The summed E-state index contributed by atoms with van der Waals surface area (Å²) in [7, 11) is 0. The second-order valence-electron chi connectivity index (χ2n) is 7.28. The van der Waals surface area contributed by atoms with Crippen LogP contribution in [0.15, 0.2) is 0 Å². The Labute approximate surface area is 113 Å². The van der Waals surface area contributed by atoms with Gasteiger partial charge in [-0.15, -0.1) is 0 Å². The van der Waals surface area contributed by atoms with Crippen molar-refractivity contribution < 1.29 is 9.53 Å². The lowest BCUT2D eigenvalue weighted by molar-refractivity contribution is -0.166. The molecule has 1 atom stereocenters. The van der Waals surface area contributed by atoms with Crippen molar-refractivity contribution in [3.05, 3.63) is 0 Å². The van der Waals surface area contributed by atoms with Crippen molar-refractivity contribution in [2.45, 2.75) is 68.2 Å². The number of ether oxygens (including phenoxy) is 1. The first-order chi connectivity index (χ1) is 8.03. The SMILES string of the molecule is CC(C)CCCOC(=O)C(C)(C(C)C)C(C)(C)C. The largest absolute Gasteiger partial charge is 0.465 e. The smallest absolute Gasteiger partial charge is 0.312 e. The molecule has 0 aliphatic heterocycles. The van der Waals surface area contributed by atoms with Gasteiger partial charge in [-0.2, -0.15) is 0 Å². The minimum absolute atomic E-state index is 0.0474. The van der Waals surface area contributed by atoms with E-state index in [9.17, 15) is 4.79 Å². The van der Waals surface area contributed by atoms with E-state index in [2.05, 4.69) is 48.5 Å². The van der Waals surface area contributed by atoms with Crippen LogP contribution in [-0.4, -0.2) is 12.6 Å². The van der Waals surface area contributed by atoms with Gasteiger partial charge < -0.3 is 4.74 Å². The first-order valence-corrected chi connectivity index (χ1v) is 7.20. The van der Waals surface area contributed by atoms with Crippen molar-refractivity contribution in [1.29, 1.82) is 0 Å². The fourth-order valence-electron chi connectivity index (χ4n) is 2.21. The molecule has 2 heteroatoms. The van der Waals surface area contributed by atoms with Crippen LogP contribution in [0.2, 0.25) is 0 Å². The van der Waals surface area contributed by atoms with Gasteiger partial charge in [0.1, 0.15) is 0 Å². The summed E-state index contributed by atoms with van der Waals surface area (Å²) in [6.07, 6.45) is 2.07. The molecule has 0 heterocycles. The summed E-state index contributed by atoms with van der Waals surface area (Å²) in [4.78, 5) is 12.4. The summed E-state index contributed by atoms with van der Waals surface area (Å²) in [5, 5.41) is 0. The highest BCUT2D eigenvalue weighted by Crippen LogP contribution is 2.45. The fraction of sp³-hybridized carbons (Fsp3) is 0.938. The standard InChI is InChI=1S/C16H32O2/c1-12(2)10-9-11-18-14(17)16(8,13(3)4)15(5,6)7/h12-13H,9-11H2,1-8H3. The van der Waals surface area contributed by atoms with Gasteiger partial charge in [0, 0.05) is 0 Å². The Morgan fingerprint density at radius 1 is 1.06 bits per heavy atom. The molecule has 0 aromatic carbocycles. The average Bonchev–Trinajstić information content (AvgIpc) is 2.20. The molecule has 0 N–H and O–H groups in total. The minimum atomic E-state index is -0.426. The van der Waals surface area contributed by atoms with Crippen molar-refractivity contribution in [2.24, 2.45) is 22.7 Å². The van der Waals surface area contributed by atoms with Gasteiger partial charge in [0.15, 0.2) is 0 Å². The van der Waals surface area contributed by atoms with E-state index in [0.717, 1.165) is 12.8 Å². The van der Waals surface area contributed by atoms with E-state index in [1.807, 2.05) is 6.92 Å². The van der Waals surface area contributed by atoms with Gasteiger partial charge in [0.05, 0.1) is 12.0 Å². The first-order valence-electron chi connectivity index (χ1n) is 7.20. The minimum Gasteiger partial charge on any atom is -0.465 e. The molecule has 0 fully saturated rings. The second kappa shape index (κ2) is 6.58. The van der Waals surface area contributed by atoms with Crippen LogP contribution in [0.5, 0.6) is 0 Å². The molecule has 0 aromatic rings. The Balaban J connectivity index is 4.52. The van der Waals surface area contributed by atoms with Gasteiger partial charge in [0.2, 0.25) is 0 Å². The molecule has 0 radical (unpaired) electrons. The number of rotatable bonds is 6. The number of carbonyl (C=O) groups excluding carboxylic acids is 1. The maximum Gasteiger partial charge on any atom is 0.312 e. The highest BCUT2D eigenvalue weighted by atomic mass is 16.5. The van der Waals surface area contributed by atoms with E-state index in [-0.39, 0.29) is 17.3 Å². The predicted octanol–water partition coefficient (Wildman–Crippen LogP) is 4.67. The molecule has 0 aliphatic carbocycles. The van der Waals surface area contributed by atoms with Gasteiger partial charge in [-0.25, -0.2) is 0 Å². The predicted molar refractivity (Wildman–Crippen MR) is 77.4 cm³/mol. The molecule has 0 aliphatic rings. The maximum absolute atomic E-state index is 12.4. The molecule has 0 spiro atoms. The Bertz CT molecular complexity index is 261. The summed E-state index contributed by atoms with van der Waals surface area (Å²) in [6, 6.07) is 0. The van der Waals surface area contributed by atoms with Crippen LogP contribution in [0.1, 0.15) is 68.2 Å². The molecule has 0 bridgehead atoms. The van der Waals surface area contributed by atoms with Crippen LogP contribution >= 0.6 is 0 Å². The Hall–Kier alpha value is -0.530. The van der Waals surface area contributed by atoms with Crippen LogP contribution in [0, 0.1) is 22.7 Å². The molecule has 0 aromatic heterocycles. The topological polar surface area (TPSA) is 26.3 Å². The molecule has 1 unspecified atom stereocenters. The van der Waals surface area contributed by atoms with E-state index < -0.39 is 5.41 Å². The van der Waals surface area contributed by atoms with Crippen LogP contribution in [0.4, 0.5) is 0 Å². The lowest BCUT2D eigenvalue weighted by Gasteiger charge is -2.42. The van der Waals surface area contributed by atoms with Gasteiger partial charge in [-0.3, -0.25) is 4.79 Å². The zero-order valence-electron chi connectivity index (χ0n) is 13.6. The molecule has 0 rings (SSSR count). The zero-order chi connectivity index (χ0) is 14.6.